The molecule has 6 N–H and O–H groups in total. The lowest BCUT2D eigenvalue weighted by Gasteiger charge is -2.20. The lowest BCUT2D eigenvalue weighted by Crippen LogP contribution is -2.41. The first-order valence-electron chi connectivity index (χ1n) is 5.33. The van der Waals surface area contributed by atoms with E-state index in [2.05, 4.69) is 4.99 Å². The first kappa shape index (κ1) is 14.3. The second kappa shape index (κ2) is 7.62. The van der Waals surface area contributed by atoms with E-state index in [9.17, 15) is 5.11 Å². The molecule has 0 saturated carbocycles. The number of aliphatic imine (C=N–C) groups is 1. The lowest BCUT2D eigenvalue weighted by molar-refractivity contribution is 0.0131. The Hall–Kier alpha value is -0.650. The maximum Gasteiger partial charge on any atom is 0.0946 e. The molecule has 0 spiro atoms. The van der Waals surface area contributed by atoms with Gasteiger partial charge in [-0.2, -0.15) is 0 Å². The van der Waals surface area contributed by atoms with Crippen molar-refractivity contribution in [3.8, 4) is 0 Å². The van der Waals surface area contributed by atoms with Crippen molar-refractivity contribution in [2.75, 3.05) is 6.54 Å². The van der Waals surface area contributed by atoms with Crippen molar-refractivity contribution in [3.63, 3.8) is 0 Å². The van der Waals surface area contributed by atoms with Crippen molar-refractivity contribution in [1.82, 2.24) is 0 Å². The number of nitrogens with zero attached hydrogens (tertiary/aromatic N) is 1. The molecule has 15 heavy (non-hydrogen) atoms. The van der Waals surface area contributed by atoms with Crippen LogP contribution in [0, 0.1) is 0 Å². The van der Waals surface area contributed by atoms with Gasteiger partial charge >= 0.3 is 0 Å². The molecule has 0 aromatic carbocycles. The number of aliphatic hydroxyl groups excluding tert-OH is 2. The molecule has 0 heterocycles. The number of aliphatic hydroxyl groups is 2. The number of rotatable bonds is 7. The molecule has 5 heteroatoms. The van der Waals surface area contributed by atoms with Crippen LogP contribution in [0.1, 0.15) is 33.1 Å². The molecule has 0 unspecified atom stereocenters. The van der Waals surface area contributed by atoms with Crippen LogP contribution < -0.4 is 11.5 Å². The van der Waals surface area contributed by atoms with E-state index in [4.69, 9.17) is 16.6 Å². The first-order chi connectivity index (χ1) is 6.95. The summed E-state index contributed by atoms with van der Waals surface area (Å²) in [5, 5.41) is 18.5. The second-order valence-electron chi connectivity index (χ2n) is 3.91. The molecular weight excluding hydrogens is 194 g/mol. The van der Waals surface area contributed by atoms with Crippen LogP contribution in [0.15, 0.2) is 4.99 Å². The van der Waals surface area contributed by atoms with E-state index in [-0.39, 0.29) is 6.04 Å². The fourth-order valence-electron chi connectivity index (χ4n) is 1.28. The van der Waals surface area contributed by atoms with Crippen molar-refractivity contribution in [2.45, 2.75) is 51.4 Å². The molecule has 0 aromatic rings. The SMILES string of the molecule is CC(N)=NCCCC[C@H](N)[C@H](O)[C@H](C)O. The molecule has 0 amide bonds. The van der Waals surface area contributed by atoms with Crippen molar-refractivity contribution < 1.29 is 10.2 Å². The fraction of sp³-hybridized carbons (Fsp3) is 0.900. The Morgan fingerprint density at radius 1 is 1.33 bits per heavy atom. The Bertz CT molecular complexity index is 191. The topological polar surface area (TPSA) is 105 Å². The quantitative estimate of drug-likeness (QED) is 0.264. The molecule has 0 aromatic heterocycles. The van der Waals surface area contributed by atoms with E-state index < -0.39 is 12.2 Å². The summed E-state index contributed by atoms with van der Waals surface area (Å²) in [7, 11) is 0. The number of hydrogen-bond donors (Lipinski definition) is 4. The van der Waals surface area contributed by atoms with Gasteiger partial charge in [0.05, 0.1) is 18.0 Å². The Morgan fingerprint density at radius 2 is 1.93 bits per heavy atom. The number of amidine groups is 1. The van der Waals surface area contributed by atoms with Gasteiger partial charge in [0.1, 0.15) is 0 Å². The van der Waals surface area contributed by atoms with Crippen molar-refractivity contribution in [3.05, 3.63) is 0 Å². The minimum atomic E-state index is -0.843. The van der Waals surface area contributed by atoms with Gasteiger partial charge in [0.25, 0.3) is 0 Å². The van der Waals surface area contributed by atoms with Crippen LogP contribution in [0.2, 0.25) is 0 Å². The van der Waals surface area contributed by atoms with E-state index >= 15 is 0 Å². The van der Waals surface area contributed by atoms with Gasteiger partial charge < -0.3 is 21.7 Å². The summed E-state index contributed by atoms with van der Waals surface area (Å²) in [6.45, 7) is 3.98. The molecule has 3 atom stereocenters. The molecule has 0 aliphatic carbocycles. The highest BCUT2D eigenvalue weighted by molar-refractivity contribution is 5.77. The summed E-state index contributed by atoms with van der Waals surface area (Å²) in [5.41, 5.74) is 11.1. The molecule has 0 aliphatic heterocycles. The predicted octanol–water partition coefficient (Wildman–Crippen LogP) is -0.397. The minimum Gasteiger partial charge on any atom is -0.391 e. The van der Waals surface area contributed by atoms with Crippen LogP contribution in [0.3, 0.4) is 0 Å². The van der Waals surface area contributed by atoms with Crippen molar-refractivity contribution in [2.24, 2.45) is 16.5 Å². The molecule has 0 radical (unpaired) electrons. The van der Waals surface area contributed by atoms with Crippen LogP contribution in [-0.2, 0) is 0 Å². The highest BCUT2D eigenvalue weighted by atomic mass is 16.3. The molecule has 0 aliphatic rings. The number of nitrogens with two attached hydrogens (primary N) is 2. The van der Waals surface area contributed by atoms with E-state index in [1.54, 1.807) is 6.92 Å². The zero-order chi connectivity index (χ0) is 11.8. The number of hydrogen-bond acceptors (Lipinski definition) is 4. The van der Waals surface area contributed by atoms with Crippen molar-refractivity contribution >= 4 is 5.84 Å². The number of unbranched alkanes of at least 4 members (excludes halogenated alkanes) is 1. The van der Waals surface area contributed by atoms with E-state index in [1.165, 1.54) is 6.92 Å². The standard InChI is InChI=1S/C10H23N3O2/c1-7(14)10(15)9(12)5-3-4-6-13-8(2)11/h7,9-10,14-15H,3-6,12H2,1-2H3,(H2,11,13)/t7-,9-,10+/m0/s1. The van der Waals surface area contributed by atoms with Gasteiger partial charge in [0.2, 0.25) is 0 Å². The summed E-state index contributed by atoms with van der Waals surface area (Å²) in [6.07, 6.45) is 0.843. The van der Waals surface area contributed by atoms with Gasteiger partial charge in [-0.05, 0) is 33.1 Å². The summed E-state index contributed by atoms with van der Waals surface area (Å²) in [6, 6.07) is -0.368. The Labute approximate surface area is 91.2 Å². The summed E-state index contributed by atoms with van der Waals surface area (Å²) in [5.74, 6) is 0.586. The van der Waals surface area contributed by atoms with Crippen LogP contribution >= 0.6 is 0 Å². The molecule has 90 valence electrons. The maximum atomic E-state index is 9.42. The third-order valence-electron chi connectivity index (χ3n) is 2.24. The van der Waals surface area contributed by atoms with E-state index in [0.717, 1.165) is 12.8 Å². The van der Waals surface area contributed by atoms with E-state index in [1.807, 2.05) is 0 Å². The highest BCUT2D eigenvalue weighted by Gasteiger charge is 2.18. The second-order valence-corrected chi connectivity index (χ2v) is 3.91. The van der Waals surface area contributed by atoms with Crippen LogP contribution in [0.4, 0.5) is 0 Å². The Kier molecular flexibility index (Phi) is 7.29. The van der Waals surface area contributed by atoms with Gasteiger partial charge in [0, 0.05) is 12.6 Å². The molecule has 0 bridgehead atoms. The summed E-state index contributed by atoms with van der Waals surface area (Å²) >= 11 is 0. The summed E-state index contributed by atoms with van der Waals surface area (Å²) in [4.78, 5) is 4.04. The average molecular weight is 217 g/mol. The maximum absolute atomic E-state index is 9.42. The Morgan fingerprint density at radius 3 is 2.40 bits per heavy atom. The third kappa shape index (κ3) is 7.30. The van der Waals surface area contributed by atoms with Gasteiger partial charge in [0.15, 0.2) is 0 Å². The van der Waals surface area contributed by atoms with Crippen LogP contribution in [0.5, 0.6) is 0 Å². The molecule has 5 nitrogen and oxygen atoms in total. The summed E-state index contributed by atoms with van der Waals surface area (Å²) < 4.78 is 0. The van der Waals surface area contributed by atoms with E-state index in [0.29, 0.717) is 18.8 Å². The van der Waals surface area contributed by atoms with Crippen LogP contribution in [0.25, 0.3) is 0 Å². The van der Waals surface area contributed by atoms with Crippen LogP contribution in [-0.4, -0.2) is 40.8 Å². The highest BCUT2D eigenvalue weighted by Crippen LogP contribution is 2.06. The fourth-order valence-corrected chi connectivity index (χ4v) is 1.28. The lowest BCUT2D eigenvalue weighted by atomic mass is 10.0. The van der Waals surface area contributed by atoms with Gasteiger partial charge in [-0.15, -0.1) is 0 Å². The zero-order valence-electron chi connectivity index (χ0n) is 9.56. The molecular formula is C10H23N3O2. The monoisotopic (exact) mass is 217 g/mol. The predicted molar refractivity (Wildman–Crippen MR) is 61.7 cm³/mol. The molecule has 0 fully saturated rings. The van der Waals surface area contributed by atoms with Gasteiger partial charge in [-0.1, -0.05) is 0 Å². The first-order valence-corrected chi connectivity index (χ1v) is 5.33. The van der Waals surface area contributed by atoms with Gasteiger partial charge in [-0.25, -0.2) is 0 Å². The molecule has 0 rings (SSSR count). The third-order valence-corrected chi connectivity index (χ3v) is 2.24. The normalized spacial score (nSPS) is 18.6. The minimum absolute atomic E-state index is 0.368. The largest absolute Gasteiger partial charge is 0.391 e. The zero-order valence-corrected chi connectivity index (χ0v) is 9.56. The van der Waals surface area contributed by atoms with Crippen molar-refractivity contribution in [1.29, 1.82) is 0 Å². The average Bonchev–Trinajstić information content (AvgIpc) is 2.15. The smallest absolute Gasteiger partial charge is 0.0946 e. The Balaban J connectivity index is 3.55. The molecule has 0 saturated heterocycles. The van der Waals surface area contributed by atoms with Gasteiger partial charge in [-0.3, -0.25) is 4.99 Å².